The van der Waals surface area contributed by atoms with E-state index in [2.05, 4.69) is 25.1 Å². The van der Waals surface area contributed by atoms with E-state index in [4.69, 9.17) is 5.26 Å². The molecule has 0 aliphatic carbocycles. The first kappa shape index (κ1) is 17.0. The molecule has 7 heteroatoms. The smallest absolute Gasteiger partial charge is 0.224 e. The van der Waals surface area contributed by atoms with Crippen molar-refractivity contribution in [1.82, 2.24) is 9.97 Å². The van der Waals surface area contributed by atoms with Gasteiger partial charge in [0.2, 0.25) is 5.95 Å². The topological polar surface area (TPSA) is 68.1 Å². The Morgan fingerprint density at radius 1 is 1.16 bits per heavy atom. The SMILES string of the molecule is CCNc1nc(C)cc(N2CCN(c3ccc(C#N)c(F)c3)CC2)n1. The summed E-state index contributed by atoms with van der Waals surface area (Å²) >= 11 is 0. The fourth-order valence-corrected chi connectivity index (χ4v) is 2.94. The van der Waals surface area contributed by atoms with Gasteiger partial charge in [0.25, 0.3) is 0 Å². The number of nitriles is 1. The zero-order chi connectivity index (χ0) is 17.8. The molecule has 1 aromatic carbocycles. The molecule has 1 N–H and O–H groups in total. The molecule has 1 fully saturated rings. The highest BCUT2D eigenvalue weighted by Gasteiger charge is 2.20. The van der Waals surface area contributed by atoms with Crippen molar-refractivity contribution >= 4 is 17.5 Å². The molecule has 0 atom stereocenters. The van der Waals surface area contributed by atoms with Crippen LogP contribution in [0.1, 0.15) is 18.2 Å². The van der Waals surface area contributed by atoms with E-state index in [9.17, 15) is 4.39 Å². The number of hydrogen-bond donors (Lipinski definition) is 1. The Kier molecular flexibility index (Phi) is 4.98. The first-order valence-electron chi connectivity index (χ1n) is 8.40. The molecule has 0 unspecified atom stereocenters. The molecule has 6 nitrogen and oxygen atoms in total. The van der Waals surface area contributed by atoms with Crippen molar-refractivity contribution in [3.63, 3.8) is 0 Å². The maximum atomic E-state index is 13.8. The second kappa shape index (κ2) is 7.34. The normalized spacial score (nSPS) is 14.3. The molecule has 0 spiro atoms. The minimum atomic E-state index is -0.468. The predicted molar refractivity (Wildman–Crippen MR) is 96.5 cm³/mol. The van der Waals surface area contributed by atoms with Gasteiger partial charge >= 0.3 is 0 Å². The summed E-state index contributed by atoms with van der Waals surface area (Å²) in [6, 6.07) is 8.61. The highest BCUT2D eigenvalue weighted by atomic mass is 19.1. The molecule has 25 heavy (non-hydrogen) atoms. The summed E-state index contributed by atoms with van der Waals surface area (Å²) in [6.07, 6.45) is 0. The number of piperazine rings is 1. The van der Waals surface area contributed by atoms with Gasteiger partial charge in [-0.1, -0.05) is 0 Å². The Labute approximate surface area is 146 Å². The summed E-state index contributed by atoms with van der Waals surface area (Å²) < 4.78 is 13.8. The van der Waals surface area contributed by atoms with Crippen LogP contribution in [-0.2, 0) is 0 Å². The molecule has 0 radical (unpaired) electrons. The molecular weight excluding hydrogens is 319 g/mol. The van der Waals surface area contributed by atoms with Gasteiger partial charge in [0.1, 0.15) is 17.7 Å². The van der Waals surface area contributed by atoms with Crippen molar-refractivity contribution < 1.29 is 4.39 Å². The van der Waals surface area contributed by atoms with E-state index in [-0.39, 0.29) is 5.56 Å². The summed E-state index contributed by atoms with van der Waals surface area (Å²) in [4.78, 5) is 13.3. The zero-order valence-electron chi connectivity index (χ0n) is 14.5. The molecule has 0 saturated carbocycles. The van der Waals surface area contributed by atoms with Crippen LogP contribution in [-0.4, -0.2) is 42.7 Å². The van der Waals surface area contributed by atoms with Gasteiger partial charge in [0.05, 0.1) is 5.56 Å². The Hall–Kier alpha value is -2.88. The fourth-order valence-electron chi connectivity index (χ4n) is 2.94. The first-order chi connectivity index (χ1) is 12.1. The predicted octanol–water partition coefficient (Wildman–Crippen LogP) is 2.55. The lowest BCUT2D eigenvalue weighted by Crippen LogP contribution is -2.47. The third kappa shape index (κ3) is 3.79. The van der Waals surface area contributed by atoms with E-state index in [1.807, 2.05) is 26.0 Å². The second-order valence-corrected chi connectivity index (χ2v) is 5.97. The molecule has 2 heterocycles. The van der Waals surface area contributed by atoms with Gasteiger partial charge in [-0.05, 0) is 32.0 Å². The van der Waals surface area contributed by atoms with Gasteiger partial charge in [0.15, 0.2) is 0 Å². The van der Waals surface area contributed by atoms with E-state index in [1.165, 1.54) is 12.1 Å². The van der Waals surface area contributed by atoms with Crippen LogP contribution >= 0.6 is 0 Å². The van der Waals surface area contributed by atoms with E-state index in [0.29, 0.717) is 5.95 Å². The van der Waals surface area contributed by atoms with Crippen molar-refractivity contribution in [3.8, 4) is 6.07 Å². The molecule has 3 rings (SSSR count). The van der Waals surface area contributed by atoms with Gasteiger partial charge in [0, 0.05) is 50.2 Å². The summed E-state index contributed by atoms with van der Waals surface area (Å²) in [5, 5.41) is 12.0. The number of benzene rings is 1. The number of hydrogen-bond acceptors (Lipinski definition) is 6. The molecular formula is C18H21FN6. The summed E-state index contributed by atoms with van der Waals surface area (Å²) in [7, 11) is 0. The third-order valence-electron chi connectivity index (χ3n) is 4.22. The Morgan fingerprint density at radius 2 is 1.88 bits per heavy atom. The van der Waals surface area contributed by atoms with E-state index >= 15 is 0 Å². The molecule has 2 aromatic rings. The molecule has 1 aromatic heterocycles. The number of aryl methyl sites for hydroxylation is 1. The van der Waals surface area contributed by atoms with Gasteiger partial charge in [-0.2, -0.15) is 10.2 Å². The Balaban J connectivity index is 1.70. The van der Waals surface area contributed by atoms with Crippen LogP contribution in [0.3, 0.4) is 0 Å². The summed E-state index contributed by atoms with van der Waals surface area (Å²) in [5.41, 5.74) is 1.82. The minimum absolute atomic E-state index is 0.0785. The van der Waals surface area contributed by atoms with Crippen LogP contribution in [0.25, 0.3) is 0 Å². The average Bonchev–Trinajstić information content (AvgIpc) is 2.61. The Bertz CT molecular complexity index is 793. The highest BCUT2D eigenvalue weighted by Crippen LogP contribution is 2.22. The van der Waals surface area contributed by atoms with Gasteiger partial charge in [-0.3, -0.25) is 0 Å². The van der Waals surface area contributed by atoms with Crippen LogP contribution in [0, 0.1) is 24.1 Å². The van der Waals surface area contributed by atoms with E-state index in [0.717, 1.165) is 49.9 Å². The fraction of sp³-hybridized carbons (Fsp3) is 0.389. The lowest BCUT2D eigenvalue weighted by molar-refractivity contribution is 0.616. The van der Waals surface area contributed by atoms with Crippen LogP contribution in [0.5, 0.6) is 0 Å². The van der Waals surface area contributed by atoms with Gasteiger partial charge in [-0.15, -0.1) is 0 Å². The average molecular weight is 340 g/mol. The lowest BCUT2D eigenvalue weighted by Gasteiger charge is -2.36. The molecule has 1 aliphatic rings. The quantitative estimate of drug-likeness (QED) is 0.922. The number of aromatic nitrogens is 2. The van der Waals surface area contributed by atoms with E-state index in [1.54, 1.807) is 6.07 Å². The second-order valence-electron chi connectivity index (χ2n) is 5.97. The van der Waals surface area contributed by atoms with Crippen molar-refractivity contribution in [1.29, 1.82) is 5.26 Å². The standard InChI is InChI=1S/C18H21FN6/c1-3-21-18-22-13(2)10-17(23-18)25-8-6-24(7-9-25)15-5-4-14(12-20)16(19)11-15/h4-5,10-11H,3,6-9H2,1-2H3,(H,21,22,23). The maximum Gasteiger partial charge on any atom is 0.224 e. The van der Waals surface area contributed by atoms with Crippen LogP contribution < -0.4 is 15.1 Å². The van der Waals surface area contributed by atoms with Crippen molar-refractivity contribution in [3.05, 3.63) is 41.3 Å². The maximum absolute atomic E-state index is 13.8. The Morgan fingerprint density at radius 3 is 2.52 bits per heavy atom. The van der Waals surface area contributed by atoms with Crippen molar-refractivity contribution in [2.45, 2.75) is 13.8 Å². The number of nitrogens with one attached hydrogen (secondary N) is 1. The summed E-state index contributed by atoms with van der Waals surface area (Å²) in [5.74, 6) is 1.09. The largest absolute Gasteiger partial charge is 0.368 e. The van der Waals surface area contributed by atoms with Crippen LogP contribution in [0.2, 0.25) is 0 Å². The number of rotatable bonds is 4. The van der Waals surface area contributed by atoms with E-state index < -0.39 is 5.82 Å². The first-order valence-corrected chi connectivity index (χ1v) is 8.40. The molecule has 130 valence electrons. The molecule has 1 aliphatic heterocycles. The minimum Gasteiger partial charge on any atom is -0.368 e. The molecule has 0 bridgehead atoms. The lowest BCUT2D eigenvalue weighted by atomic mass is 10.2. The molecule has 0 amide bonds. The van der Waals surface area contributed by atoms with Gasteiger partial charge in [-0.25, -0.2) is 9.37 Å². The van der Waals surface area contributed by atoms with Crippen molar-refractivity contribution in [2.75, 3.05) is 47.8 Å². The monoisotopic (exact) mass is 340 g/mol. The van der Waals surface area contributed by atoms with Crippen LogP contribution in [0.15, 0.2) is 24.3 Å². The van der Waals surface area contributed by atoms with Gasteiger partial charge < -0.3 is 15.1 Å². The van der Waals surface area contributed by atoms with Crippen LogP contribution in [0.4, 0.5) is 21.8 Å². The number of anilines is 3. The van der Waals surface area contributed by atoms with Crippen molar-refractivity contribution in [2.24, 2.45) is 0 Å². The number of nitrogens with zero attached hydrogens (tertiary/aromatic N) is 5. The highest BCUT2D eigenvalue weighted by molar-refractivity contribution is 5.53. The number of halogens is 1. The third-order valence-corrected chi connectivity index (χ3v) is 4.22. The molecule has 1 saturated heterocycles. The zero-order valence-corrected chi connectivity index (χ0v) is 14.5. The summed E-state index contributed by atoms with van der Waals surface area (Å²) in [6.45, 7) is 7.88.